The normalized spacial score (nSPS) is 16.0. The van der Waals surface area contributed by atoms with E-state index in [1.54, 1.807) is 40.7 Å². The highest BCUT2D eigenvalue weighted by Gasteiger charge is 2.53. The van der Waals surface area contributed by atoms with Crippen molar-refractivity contribution < 1.29 is 17.6 Å². The molecule has 1 aromatic heterocycles. The summed E-state index contributed by atoms with van der Waals surface area (Å²) in [6.45, 7) is 9.36. The number of carbonyl (C=O) groups excluding carboxylic acids is 1. The molecule has 0 N–H and O–H groups in total. The minimum absolute atomic E-state index is 0.107. The highest BCUT2D eigenvalue weighted by molar-refractivity contribution is 7.93. The lowest BCUT2D eigenvalue weighted by Crippen LogP contribution is -2.68. The van der Waals surface area contributed by atoms with E-state index in [0.717, 1.165) is 23.2 Å². The fourth-order valence-electron chi connectivity index (χ4n) is 5.92. The van der Waals surface area contributed by atoms with Crippen molar-refractivity contribution in [1.29, 1.82) is 0 Å². The predicted molar refractivity (Wildman–Crippen MR) is 187 cm³/mol. The number of hydrogen-bond donors (Lipinski definition) is 0. The van der Waals surface area contributed by atoms with E-state index in [1.165, 1.54) is 15.6 Å². The molecule has 0 saturated carbocycles. The smallest absolute Gasteiger partial charge is 0.266 e. The third-order valence-corrected chi connectivity index (χ3v) is 15.9. The van der Waals surface area contributed by atoms with Crippen LogP contribution in [0.15, 0.2) is 114 Å². The van der Waals surface area contributed by atoms with Crippen molar-refractivity contribution >= 4 is 56.8 Å². The van der Waals surface area contributed by atoms with Gasteiger partial charge in [-0.05, 0) is 52.5 Å². The molecule has 2 heterocycles. The lowest BCUT2D eigenvalue weighted by Gasteiger charge is -2.44. The van der Waals surface area contributed by atoms with Crippen molar-refractivity contribution in [2.45, 2.75) is 63.0 Å². The molecule has 1 fully saturated rings. The van der Waals surface area contributed by atoms with Crippen LogP contribution >= 0.6 is 11.3 Å². The molecule has 3 aromatic carbocycles. The Bertz CT molecular complexity index is 1650. The summed E-state index contributed by atoms with van der Waals surface area (Å²) in [6, 6.07) is 27.2. The van der Waals surface area contributed by atoms with Crippen molar-refractivity contribution in [3.63, 3.8) is 0 Å². The van der Waals surface area contributed by atoms with E-state index >= 15 is 0 Å². The quantitative estimate of drug-likeness (QED) is 0.130. The van der Waals surface area contributed by atoms with Crippen molar-refractivity contribution in [1.82, 2.24) is 4.98 Å². The number of allylic oxidation sites excluding steroid dienone is 1. The molecular weight excluding hydrogens is 619 g/mol. The van der Waals surface area contributed by atoms with Crippen LogP contribution in [0.25, 0.3) is 0 Å². The third-order valence-electron chi connectivity index (χ3n) is 8.15. The van der Waals surface area contributed by atoms with E-state index in [9.17, 15) is 13.2 Å². The number of nitrogens with zero attached hydrogens (tertiary/aromatic N) is 3. The number of unbranched alkanes of at least 4 members (excludes halogenated alkanes) is 1. The fourth-order valence-corrected chi connectivity index (χ4v) is 12.8. The van der Waals surface area contributed by atoms with Gasteiger partial charge in [0.25, 0.3) is 24.2 Å². The summed E-state index contributed by atoms with van der Waals surface area (Å²) in [7, 11) is -6.79. The minimum Gasteiger partial charge on any atom is -0.395 e. The van der Waals surface area contributed by atoms with Gasteiger partial charge < -0.3 is 9.33 Å². The molecule has 1 amide bonds. The summed E-state index contributed by atoms with van der Waals surface area (Å²) in [5.74, 6) is -0.107. The molecule has 0 bridgehead atoms. The topological polar surface area (TPSA) is 79.8 Å². The number of amides is 1. The first-order valence-corrected chi connectivity index (χ1v) is 19.6. The summed E-state index contributed by atoms with van der Waals surface area (Å²) in [4.78, 5) is 20.1. The van der Waals surface area contributed by atoms with Gasteiger partial charge in [-0.3, -0.25) is 4.79 Å². The van der Waals surface area contributed by atoms with E-state index in [4.69, 9.17) is 4.43 Å². The zero-order valence-electron chi connectivity index (χ0n) is 26.3. The Balaban J connectivity index is 1.41. The van der Waals surface area contributed by atoms with Gasteiger partial charge in [-0.15, -0.1) is 11.3 Å². The van der Waals surface area contributed by atoms with E-state index in [-0.39, 0.29) is 22.4 Å². The molecule has 1 aliphatic heterocycles. The molecule has 1 atom stereocenters. The standard InChI is InChI=1S/C35H41N3O4S2Si/c1-5-6-7-14-25-38(34-36-24-27-43-34)44(40,41)29-21-19-28(20-22-29)37-26-23-32(33(37)39)42-45(35(2,3)4,30-15-10-8-11-16-30)31-17-12-9-13-18-31/h7-22,24,27,32H,5-6,23,25-26H2,1-4H3/b14-7+/t32-/m1/s1. The summed E-state index contributed by atoms with van der Waals surface area (Å²) in [5.41, 5.74) is 0.649. The van der Waals surface area contributed by atoms with Gasteiger partial charge in [-0.2, -0.15) is 0 Å². The van der Waals surface area contributed by atoms with Crippen LogP contribution in [0, 0.1) is 0 Å². The number of thiazole rings is 1. The lowest BCUT2D eigenvalue weighted by molar-refractivity contribution is -0.123. The van der Waals surface area contributed by atoms with Gasteiger partial charge in [-0.25, -0.2) is 17.7 Å². The molecule has 0 spiro atoms. The molecule has 7 nitrogen and oxygen atoms in total. The monoisotopic (exact) mass is 659 g/mol. The second kappa shape index (κ2) is 13.8. The SMILES string of the molecule is CCC/C=C/CN(c1nccs1)S(=O)(=O)c1ccc(N2CC[C@@H](O[Si](c3ccccc3)(c3ccccc3)C(C)(C)C)C2=O)cc1. The summed E-state index contributed by atoms with van der Waals surface area (Å²) >= 11 is 1.28. The molecule has 0 aliphatic carbocycles. The number of anilines is 2. The van der Waals surface area contributed by atoms with Gasteiger partial charge in [0.2, 0.25) is 0 Å². The fraction of sp³-hybridized carbons (Fsp3) is 0.314. The molecule has 1 aliphatic rings. The second-order valence-corrected chi connectivity index (χ2v) is 19.1. The Kier molecular flexibility index (Phi) is 10.1. The summed E-state index contributed by atoms with van der Waals surface area (Å²) < 4.78 is 35.9. The van der Waals surface area contributed by atoms with Gasteiger partial charge >= 0.3 is 0 Å². The maximum absolute atomic E-state index is 14.0. The number of hydrogen-bond acceptors (Lipinski definition) is 6. The van der Waals surface area contributed by atoms with Crippen molar-refractivity contribution in [2.24, 2.45) is 0 Å². The highest BCUT2D eigenvalue weighted by Crippen LogP contribution is 2.39. The first kappa shape index (κ1) is 32.8. The van der Waals surface area contributed by atoms with E-state index in [0.29, 0.717) is 23.8 Å². The average molecular weight is 660 g/mol. The van der Waals surface area contributed by atoms with Crippen LogP contribution in [-0.2, 0) is 19.2 Å². The molecule has 0 radical (unpaired) electrons. The molecule has 5 rings (SSSR count). The second-order valence-electron chi connectivity index (χ2n) is 12.2. The Labute approximate surface area is 272 Å². The number of sulfonamides is 1. The van der Waals surface area contributed by atoms with E-state index in [1.807, 2.05) is 48.6 Å². The van der Waals surface area contributed by atoms with Crippen LogP contribution in [0.1, 0.15) is 47.0 Å². The molecule has 0 unspecified atom stereocenters. The highest BCUT2D eigenvalue weighted by atomic mass is 32.2. The number of carbonyl (C=O) groups is 1. The largest absolute Gasteiger partial charge is 0.395 e. The van der Waals surface area contributed by atoms with Gasteiger partial charge in [0.1, 0.15) is 6.10 Å². The maximum atomic E-state index is 14.0. The van der Waals surface area contributed by atoms with Crippen LogP contribution in [0.5, 0.6) is 0 Å². The number of aromatic nitrogens is 1. The molecule has 1 saturated heterocycles. The van der Waals surface area contributed by atoms with Crippen molar-refractivity contribution in [2.75, 3.05) is 22.3 Å². The van der Waals surface area contributed by atoms with Crippen molar-refractivity contribution in [3.8, 4) is 0 Å². The Morgan fingerprint density at radius 1 is 0.978 bits per heavy atom. The van der Waals surface area contributed by atoms with Crippen LogP contribution < -0.4 is 19.6 Å². The van der Waals surface area contributed by atoms with Crippen molar-refractivity contribution in [3.05, 3.63) is 109 Å². The molecule has 236 valence electrons. The lowest BCUT2D eigenvalue weighted by atomic mass is 10.2. The molecule has 45 heavy (non-hydrogen) atoms. The third kappa shape index (κ3) is 6.69. The molecule has 10 heteroatoms. The first-order chi connectivity index (χ1) is 21.6. The van der Waals surface area contributed by atoms with Crippen LogP contribution in [0.3, 0.4) is 0 Å². The first-order valence-electron chi connectivity index (χ1n) is 15.4. The Morgan fingerprint density at radius 2 is 1.60 bits per heavy atom. The number of rotatable bonds is 12. The van der Waals surface area contributed by atoms with E-state index in [2.05, 4.69) is 56.9 Å². The van der Waals surface area contributed by atoms with Gasteiger partial charge in [-0.1, -0.05) is 107 Å². The maximum Gasteiger partial charge on any atom is 0.266 e. The van der Waals surface area contributed by atoms with Crippen LogP contribution in [0.2, 0.25) is 5.04 Å². The number of benzene rings is 3. The van der Waals surface area contributed by atoms with E-state index < -0.39 is 24.4 Å². The molecule has 4 aromatic rings. The zero-order valence-corrected chi connectivity index (χ0v) is 28.9. The van der Waals surface area contributed by atoms with Gasteiger partial charge in [0.15, 0.2) is 5.13 Å². The molecular formula is C35H41N3O4S2Si. The van der Waals surface area contributed by atoms with Crippen LogP contribution in [0.4, 0.5) is 10.8 Å². The Morgan fingerprint density at radius 3 is 2.13 bits per heavy atom. The zero-order chi connectivity index (χ0) is 32.1. The predicted octanol–water partition coefficient (Wildman–Crippen LogP) is 6.38. The minimum atomic E-state index is -3.87. The van der Waals surface area contributed by atoms with Gasteiger partial charge in [0.05, 0.1) is 11.4 Å². The summed E-state index contributed by atoms with van der Waals surface area (Å²) in [6.07, 6.45) is 7.26. The average Bonchev–Trinajstić information content (AvgIpc) is 3.70. The summed E-state index contributed by atoms with van der Waals surface area (Å²) in [5, 5.41) is 4.17. The van der Waals surface area contributed by atoms with Gasteiger partial charge in [0, 0.05) is 23.8 Å². The Hall–Kier alpha value is -3.57. The van der Waals surface area contributed by atoms with Crippen LogP contribution in [-0.4, -0.2) is 46.8 Å².